The summed E-state index contributed by atoms with van der Waals surface area (Å²) < 4.78 is 13.3. The Balaban J connectivity index is 1.47. The van der Waals surface area contributed by atoms with Crippen molar-refractivity contribution in [2.45, 2.75) is 39.7 Å². The number of nitrogens with one attached hydrogen (secondary N) is 1. The zero-order valence-electron chi connectivity index (χ0n) is 15.2. The van der Waals surface area contributed by atoms with E-state index in [4.69, 9.17) is 9.47 Å². The average molecular weight is 342 g/mol. The molecule has 1 aromatic carbocycles. The van der Waals surface area contributed by atoms with Gasteiger partial charge in [0.05, 0.1) is 18.7 Å². The third kappa shape index (κ3) is 4.16. The first kappa shape index (κ1) is 17.4. The number of carbonyl (C=O) groups excluding carboxylic acids is 1. The second-order valence-corrected chi connectivity index (χ2v) is 6.39. The summed E-state index contributed by atoms with van der Waals surface area (Å²) in [5, 5.41) is 2.94. The molecule has 1 aliphatic rings. The first-order valence-corrected chi connectivity index (χ1v) is 8.92. The van der Waals surface area contributed by atoms with Crippen LogP contribution in [0.4, 0.5) is 0 Å². The molecule has 3 rings (SSSR count). The molecule has 0 radical (unpaired) electrons. The topological polar surface area (TPSA) is 52.5 Å². The molecular formula is C20H26N2O3. The molecule has 134 valence electrons. The largest absolute Gasteiger partial charge is 0.494 e. The maximum atomic E-state index is 12.4. The highest BCUT2D eigenvalue weighted by Crippen LogP contribution is 2.38. The molecular weight excluding hydrogens is 316 g/mol. The quantitative estimate of drug-likeness (QED) is 0.745. The minimum absolute atomic E-state index is 0.0321. The standard InChI is InChI=1S/C20H26N2O3/c1-4-24-17-7-9-18(10-8-17)25-12-11-21-20(23)19-13-14(2)22(15(19)3)16-5-6-16/h7-10,13,16H,4-6,11-12H2,1-3H3,(H,21,23). The van der Waals surface area contributed by atoms with E-state index in [9.17, 15) is 4.79 Å². The number of hydrogen-bond acceptors (Lipinski definition) is 3. The zero-order chi connectivity index (χ0) is 17.8. The molecule has 5 heteroatoms. The van der Waals surface area contributed by atoms with Crippen LogP contribution in [0.25, 0.3) is 0 Å². The van der Waals surface area contributed by atoms with Crippen molar-refractivity contribution < 1.29 is 14.3 Å². The smallest absolute Gasteiger partial charge is 0.253 e. The first-order chi connectivity index (χ1) is 12.1. The minimum Gasteiger partial charge on any atom is -0.494 e. The molecule has 0 bridgehead atoms. The van der Waals surface area contributed by atoms with Crippen LogP contribution in [0.5, 0.6) is 11.5 Å². The highest BCUT2D eigenvalue weighted by Gasteiger charge is 2.28. The van der Waals surface area contributed by atoms with Crippen molar-refractivity contribution in [2.24, 2.45) is 0 Å². The third-order valence-electron chi connectivity index (χ3n) is 4.43. The van der Waals surface area contributed by atoms with Crippen LogP contribution in [0.2, 0.25) is 0 Å². The number of amides is 1. The van der Waals surface area contributed by atoms with E-state index in [0.717, 1.165) is 28.5 Å². The summed E-state index contributed by atoms with van der Waals surface area (Å²) in [6.45, 7) is 7.59. The molecule has 1 aromatic heterocycles. The Morgan fingerprint density at radius 1 is 1.16 bits per heavy atom. The van der Waals surface area contributed by atoms with Gasteiger partial charge in [0.15, 0.2) is 0 Å². The zero-order valence-corrected chi connectivity index (χ0v) is 15.2. The van der Waals surface area contributed by atoms with Crippen LogP contribution < -0.4 is 14.8 Å². The second-order valence-electron chi connectivity index (χ2n) is 6.39. The SMILES string of the molecule is CCOc1ccc(OCCNC(=O)c2cc(C)n(C3CC3)c2C)cc1. The van der Waals surface area contributed by atoms with E-state index in [0.29, 0.717) is 25.8 Å². The Kier molecular flexibility index (Phi) is 5.31. The summed E-state index contributed by atoms with van der Waals surface area (Å²) in [6.07, 6.45) is 2.43. The van der Waals surface area contributed by atoms with Crippen LogP contribution in [-0.4, -0.2) is 30.2 Å². The molecule has 0 saturated heterocycles. The molecule has 1 heterocycles. The average Bonchev–Trinajstić information content (AvgIpc) is 3.38. The van der Waals surface area contributed by atoms with Crippen molar-refractivity contribution in [1.29, 1.82) is 0 Å². The van der Waals surface area contributed by atoms with E-state index < -0.39 is 0 Å². The normalized spacial score (nSPS) is 13.6. The van der Waals surface area contributed by atoms with Gasteiger partial charge in [-0.3, -0.25) is 4.79 Å². The van der Waals surface area contributed by atoms with E-state index in [1.807, 2.05) is 44.2 Å². The molecule has 1 amide bonds. The summed E-state index contributed by atoms with van der Waals surface area (Å²) in [4.78, 5) is 12.4. The van der Waals surface area contributed by atoms with Gasteiger partial charge in [-0.1, -0.05) is 0 Å². The number of nitrogens with zero attached hydrogens (tertiary/aromatic N) is 1. The van der Waals surface area contributed by atoms with Gasteiger partial charge < -0.3 is 19.4 Å². The van der Waals surface area contributed by atoms with Gasteiger partial charge >= 0.3 is 0 Å². The Morgan fingerprint density at radius 2 is 1.80 bits per heavy atom. The third-order valence-corrected chi connectivity index (χ3v) is 4.43. The Morgan fingerprint density at radius 3 is 2.40 bits per heavy atom. The fraction of sp³-hybridized carbons (Fsp3) is 0.450. The van der Waals surface area contributed by atoms with Crippen molar-refractivity contribution in [2.75, 3.05) is 19.8 Å². The monoisotopic (exact) mass is 342 g/mol. The van der Waals surface area contributed by atoms with Gasteiger partial charge in [-0.25, -0.2) is 0 Å². The Hall–Kier alpha value is -2.43. The van der Waals surface area contributed by atoms with Crippen LogP contribution in [0.3, 0.4) is 0 Å². The Bertz CT molecular complexity index is 730. The highest BCUT2D eigenvalue weighted by atomic mass is 16.5. The number of rotatable bonds is 8. The molecule has 0 spiro atoms. The van der Waals surface area contributed by atoms with Crippen molar-refractivity contribution in [3.05, 3.63) is 47.3 Å². The highest BCUT2D eigenvalue weighted by molar-refractivity contribution is 5.95. The minimum atomic E-state index is -0.0321. The summed E-state index contributed by atoms with van der Waals surface area (Å²) >= 11 is 0. The van der Waals surface area contributed by atoms with Crippen LogP contribution in [0.1, 0.15) is 47.6 Å². The molecule has 1 fully saturated rings. The maximum Gasteiger partial charge on any atom is 0.253 e. The predicted molar refractivity (Wildman–Crippen MR) is 97.6 cm³/mol. The Labute approximate surface area is 148 Å². The lowest BCUT2D eigenvalue weighted by atomic mass is 10.2. The number of aromatic nitrogens is 1. The van der Waals surface area contributed by atoms with Crippen LogP contribution >= 0.6 is 0 Å². The second kappa shape index (κ2) is 7.64. The molecule has 5 nitrogen and oxygen atoms in total. The van der Waals surface area contributed by atoms with Gasteiger partial charge in [-0.15, -0.1) is 0 Å². The molecule has 1 saturated carbocycles. The van der Waals surface area contributed by atoms with Gasteiger partial charge in [0.1, 0.15) is 18.1 Å². The van der Waals surface area contributed by atoms with Crippen LogP contribution in [0.15, 0.2) is 30.3 Å². The fourth-order valence-electron chi connectivity index (χ4n) is 3.13. The summed E-state index contributed by atoms with van der Waals surface area (Å²) in [5.41, 5.74) is 2.99. The molecule has 2 aromatic rings. The van der Waals surface area contributed by atoms with E-state index in [1.165, 1.54) is 12.8 Å². The van der Waals surface area contributed by atoms with Gasteiger partial charge in [0.2, 0.25) is 0 Å². The van der Waals surface area contributed by atoms with E-state index in [1.54, 1.807) is 0 Å². The number of aryl methyl sites for hydroxylation is 1. The molecule has 0 unspecified atom stereocenters. The molecule has 0 aliphatic heterocycles. The van der Waals surface area contributed by atoms with Crippen LogP contribution in [-0.2, 0) is 0 Å². The summed E-state index contributed by atoms with van der Waals surface area (Å²) in [6, 6.07) is 10.1. The van der Waals surface area contributed by atoms with Crippen molar-refractivity contribution in [3.63, 3.8) is 0 Å². The van der Waals surface area contributed by atoms with E-state index in [2.05, 4.69) is 16.8 Å². The lowest BCUT2D eigenvalue weighted by Crippen LogP contribution is -2.28. The molecule has 25 heavy (non-hydrogen) atoms. The molecule has 1 aliphatic carbocycles. The number of ether oxygens (including phenoxy) is 2. The first-order valence-electron chi connectivity index (χ1n) is 8.92. The van der Waals surface area contributed by atoms with Crippen molar-refractivity contribution in [3.8, 4) is 11.5 Å². The van der Waals surface area contributed by atoms with Gasteiger partial charge in [-0.2, -0.15) is 0 Å². The molecule has 1 N–H and O–H groups in total. The van der Waals surface area contributed by atoms with E-state index >= 15 is 0 Å². The van der Waals surface area contributed by atoms with Gasteiger partial charge in [0.25, 0.3) is 5.91 Å². The number of carbonyl (C=O) groups is 1. The number of hydrogen-bond donors (Lipinski definition) is 1. The lowest BCUT2D eigenvalue weighted by Gasteiger charge is -2.10. The summed E-state index contributed by atoms with van der Waals surface area (Å²) in [7, 11) is 0. The van der Waals surface area contributed by atoms with Crippen molar-refractivity contribution >= 4 is 5.91 Å². The molecule has 0 atom stereocenters. The predicted octanol–water partition coefficient (Wildman–Crippen LogP) is 3.65. The van der Waals surface area contributed by atoms with Crippen LogP contribution in [0, 0.1) is 13.8 Å². The maximum absolute atomic E-state index is 12.4. The van der Waals surface area contributed by atoms with Gasteiger partial charge in [0, 0.05) is 17.4 Å². The number of benzene rings is 1. The summed E-state index contributed by atoms with van der Waals surface area (Å²) in [5.74, 6) is 1.56. The fourth-order valence-corrected chi connectivity index (χ4v) is 3.13. The van der Waals surface area contributed by atoms with Gasteiger partial charge in [-0.05, 0) is 63.9 Å². The van der Waals surface area contributed by atoms with Crippen molar-refractivity contribution in [1.82, 2.24) is 9.88 Å². The lowest BCUT2D eigenvalue weighted by molar-refractivity contribution is 0.0946. The van der Waals surface area contributed by atoms with E-state index in [-0.39, 0.29) is 5.91 Å².